The third-order valence-electron chi connectivity index (χ3n) is 7.19. The third-order valence-corrected chi connectivity index (χ3v) is 7.88. The van der Waals surface area contributed by atoms with E-state index < -0.39 is 29.2 Å². The van der Waals surface area contributed by atoms with Crippen LogP contribution >= 0.6 is 15.9 Å². The highest BCUT2D eigenvalue weighted by molar-refractivity contribution is 9.10. The average Bonchev–Trinajstić information content (AvgIpc) is 3.27. The van der Waals surface area contributed by atoms with Crippen LogP contribution < -0.4 is 10.9 Å². The third kappa shape index (κ3) is 5.21. The Kier molecular flexibility index (Phi) is 7.73. The molecule has 0 saturated heterocycles. The summed E-state index contributed by atoms with van der Waals surface area (Å²) in [5, 5.41) is 6.66. The lowest BCUT2D eigenvalue weighted by molar-refractivity contribution is -0.138. The molecule has 0 spiro atoms. The summed E-state index contributed by atoms with van der Waals surface area (Å²) >= 11 is 2.89. The monoisotopic (exact) mass is 647 g/mol. The van der Waals surface area contributed by atoms with Crippen molar-refractivity contribution >= 4 is 33.4 Å². The van der Waals surface area contributed by atoms with Gasteiger partial charge < -0.3 is 10.2 Å². The smallest absolute Gasteiger partial charge is 0.355 e. The Bertz CT molecular complexity index is 1780. The van der Waals surface area contributed by atoms with E-state index >= 15 is 4.39 Å². The molecule has 0 radical (unpaired) electrons. The largest absolute Gasteiger partial charge is 0.417 e. The summed E-state index contributed by atoms with van der Waals surface area (Å²) in [6.07, 6.45) is -4.32. The summed E-state index contributed by atoms with van der Waals surface area (Å²) in [4.78, 5) is 40.7. The van der Waals surface area contributed by atoms with Crippen LogP contribution in [0.15, 0.2) is 51.7 Å². The van der Waals surface area contributed by atoms with E-state index in [1.807, 2.05) is 13.8 Å². The topological polar surface area (TPSA) is 88.7 Å². The number of alkyl halides is 3. The summed E-state index contributed by atoms with van der Waals surface area (Å²) < 4.78 is 58.3. The van der Waals surface area contributed by atoms with Gasteiger partial charge in [0.25, 0.3) is 17.4 Å². The first-order valence-electron chi connectivity index (χ1n) is 13.1. The van der Waals surface area contributed by atoms with Crippen molar-refractivity contribution in [1.29, 1.82) is 0 Å². The lowest BCUT2D eigenvalue weighted by Gasteiger charge is -2.30. The van der Waals surface area contributed by atoms with E-state index in [0.717, 1.165) is 6.07 Å². The summed E-state index contributed by atoms with van der Waals surface area (Å²) in [6.45, 7) is 3.70. The standard InChI is InChI=1S/C29H26BrF4N5O3/c1-15(2)12-20-24(31)36-39-23-14-37(27(41)17-6-9-22(30)21(13-17)29(32,33)34)11-10-19(23)28(42)38(26(20)39)18-7-4-16(5-8-18)25(40)35-3/h4-9,13,15H,10-12,14H2,1-3H3,(H,35,40). The number of fused-ring (bicyclic) bond motifs is 3. The van der Waals surface area contributed by atoms with Crippen LogP contribution in [-0.4, -0.2) is 44.5 Å². The maximum Gasteiger partial charge on any atom is 0.417 e. The van der Waals surface area contributed by atoms with Crippen LogP contribution in [0.2, 0.25) is 0 Å². The molecule has 0 fully saturated rings. The number of benzene rings is 2. The second-order valence-corrected chi connectivity index (χ2v) is 11.3. The van der Waals surface area contributed by atoms with E-state index in [9.17, 15) is 27.6 Å². The van der Waals surface area contributed by atoms with E-state index in [0.29, 0.717) is 16.8 Å². The van der Waals surface area contributed by atoms with Crippen LogP contribution in [0.1, 0.15) is 56.9 Å². The van der Waals surface area contributed by atoms with Gasteiger partial charge >= 0.3 is 6.18 Å². The lowest BCUT2D eigenvalue weighted by Crippen LogP contribution is -2.41. The second-order valence-electron chi connectivity index (χ2n) is 10.5. The lowest BCUT2D eigenvalue weighted by atomic mass is 10.0. The van der Waals surface area contributed by atoms with Gasteiger partial charge in [-0.15, -0.1) is 5.10 Å². The van der Waals surface area contributed by atoms with Crippen molar-refractivity contribution in [3.63, 3.8) is 0 Å². The number of carbonyl (C=O) groups is 2. The van der Waals surface area contributed by atoms with Gasteiger partial charge in [-0.1, -0.05) is 29.8 Å². The number of hydrogen-bond donors (Lipinski definition) is 1. The summed E-state index contributed by atoms with van der Waals surface area (Å²) in [5.41, 5.74) is 0.209. The molecule has 5 rings (SSSR count). The van der Waals surface area contributed by atoms with Crippen molar-refractivity contribution in [2.75, 3.05) is 13.6 Å². The fourth-order valence-corrected chi connectivity index (χ4v) is 5.67. The number of aromatic nitrogens is 3. The molecule has 1 aliphatic heterocycles. The number of halogens is 5. The molecule has 0 bridgehead atoms. The van der Waals surface area contributed by atoms with Gasteiger partial charge in [0.2, 0.25) is 5.95 Å². The van der Waals surface area contributed by atoms with E-state index in [1.165, 1.54) is 33.2 Å². The highest BCUT2D eigenvalue weighted by atomic mass is 79.9. The Morgan fingerprint density at radius 1 is 1.10 bits per heavy atom. The van der Waals surface area contributed by atoms with Crippen molar-refractivity contribution in [1.82, 2.24) is 24.4 Å². The molecule has 0 aliphatic carbocycles. The van der Waals surface area contributed by atoms with Crippen molar-refractivity contribution in [3.05, 3.63) is 96.7 Å². The molecule has 2 aromatic heterocycles. The number of hydrogen-bond acceptors (Lipinski definition) is 4. The zero-order valence-electron chi connectivity index (χ0n) is 22.9. The first-order chi connectivity index (χ1) is 19.8. The van der Waals surface area contributed by atoms with Crippen LogP contribution in [0.4, 0.5) is 17.6 Å². The minimum Gasteiger partial charge on any atom is -0.355 e. The molecule has 42 heavy (non-hydrogen) atoms. The predicted octanol–water partition coefficient (Wildman–Crippen LogP) is 5.16. The zero-order valence-corrected chi connectivity index (χ0v) is 24.4. The fourth-order valence-electron chi connectivity index (χ4n) is 5.20. The molecule has 220 valence electrons. The van der Waals surface area contributed by atoms with Gasteiger partial charge in [0.15, 0.2) is 0 Å². The molecule has 13 heteroatoms. The van der Waals surface area contributed by atoms with Crippen molar-refractivity contribution < 1.29 is 27.2 Å². The fraction of sp³-hybridized carbons (Fsp3) is 0.310. The average molecular weight is 648 g/mol. The second kappa shape index (κ2) is 11.0. The van der Waals surface area contributed by atoms with Gasteiger partial charge in [0.05, 0.1) is 29.1 Å². The van der Waals surface area contributed by atoms with Gasteiger partial charge in [-0.2, -0.15) is 17.6 Å². The molecule has 8 nitrogen and oxygen atoms in total. The zero-order chi connectivity index (χ0) is 30.5. The van der Waals surface area contributed by atoms with Gasteiger partial charge in [-0.25, -0.2) is 4.52 Å². The number of nitrogens with one attached hydrogen (secondary N) is 1. The molecule has 2 aromatic carbocycles. The molecular weight excluding hydrogens is 622 g/mol. The minimum atomic E-state index is -4.67. The van der Waals surface area contributed by atoms with Crippen LogP contribution in [0, 0.1) is 11.9 Å². The Balaban J connectivity index is 1.64. The van der Waals surface area contributed by atoms with E-state index in [1.54, 1.807) is 24.3 Å². The molecule has 1 aliphatic rings. The Hall–Kier alpha value is -4.00. The maximum absolute atomic E-state index is 15.4. The first kappa shape index (κ1) is 29.5. The van der Waals surface area contributed by atoms with Gasteiger partial charge in [0.1, 0.15) is 5.65 Å². The van der Waals surface area contributed by atoms with Gasteiger partial charge in [0, 0.05) is 34.8 Å². The van der Waals surface area contributed by atoms with Crippen LogP contribution in [0.3, 0.4) is 0 Å². The molecule has 0 atom stereocenters. The van der Waals surface area contributed by atoms with E-state index in [2.05, 4.69) is 26.3 Å². The number of carbonyl (C=O) groups excluding carboxylic acids is 2. The normalized spacial score (nSPS) is 13.5. The molecule has 3 heterocycles. The highest BCUT2D eigenvalue weighted by Crippen LogP contribution is 2.36. The predicted molar refractivity (Wildman–Crippen MR) is 150 cm³/mol. The number of amides is 2. The Morgan fingerprint density at radius 2 is 1.76 bits per heavy atom. The quantitative estimate of drug-likeness (QED) is 0.303. The summed E-state index contributed by atoms with van der Waals surface area (Å²) in [7, 11) is 1.50. The highest BCUT2D eigenvalue weighted by Gasteiger charge is 2.35. The van der Waals surface area contributed by atoms with Crippen LogP contribution in [0.5, 0.6) is 0 Å². The molecule has 1 N–H and O–H groups in total. The van der Waals surface area contributed by atoms with Crippen LogP contribution in [0.25, 0.3) is 11.3 Å². The molecule has 0 unspecified atom stereocenters. The molecule has 4 aromatic rings. The Morgan fingerprint density at radius 3 is 2.38 bits per heavy atom. The van der Waals surface area contributed by atoms with E-state index in [4.69, 9.17) is 0 Å². The van der Waals surface area contributed by atoms with Crippen molar-refractivity contribution in [3.8, 4) is 5.69 Å². The van der Waals surface area contributed by atoms with Gasteiger partial charge in [-0.3, -0.25) is 19.0 Å². The Labute approximate surface area is 246 Å². The molecule has 0 saturated carbocycles. The maximum atomic E-state index is 15.4. The van der Waals surface area contributed by atoms with Gasteiger partial charge in [-0.05, 0) is 61.2 Å². The van der Waals surface area contributed by atoms with Crippen LogP contribution in [-0.2, 0) is 25.6 Å². The summed E-state index contributed by atoms with van der Waals surface area (Å²) in [5.74, 6) is -1.71. The van der Waals surface area contributed by atoms with Crippen molar-refractivity contribution in [2.45, 2.75) is 39.4 Å². The number of nitrogens with zero attached hydrogens (tertiary/aromatic N) is 4. The van der Waals surface area contributed by atoms with Crippen molar-refractivity contribution in [2.24, 2.45) is 5.92 Å². The summed E-state index contributed by atoms with van der Waals surface area (Å²) in [6, 6.07) is 9.53. The SMILES string of the molecule is CNC(=O)c1ccc(-n2c(=O)c3c(n4nc(F)c(CC(C)C)c24)CN(C(=O)c2ccc(Br)c(C(F)(F)F)c2)CC3)cc1. The molecular formula is C29H26BrF4N5O3. The molecule has 2 amide bonds. The van der Waals surface area contributed by atoms with E-state index in [-0.39, 0.29) is 64.7 Å². The number of rotatable bonds is 5. The first-order valence-corrected chi connectivity index (χ1v) is 13.9. The minimum absolute atomic E-state index is 0.0148.